The molecule has 1 aromatic carbocycles. The summed E-state index contributed by atoms with van der Waals surface area (Å²) in [4.78, 5) is 32.0. The summed E-state index contributed by atoms with van der Waals surface area (Å²) >= 11 is 1.45. The number of anilines is 1. The molecule has 0 saturated carbocycles. The monoisotopic (exact) mass is 410 g/mol. The molecule has 1 aliphatic carbocycles. The molecule has 2 N–H and O–H groups in total. The van der Waals surface area contributed by atoms with E-state index in [1.165, 1.54) is 16.2 Å². The maximum atomic E-state index is 12.7. The number of aromatic nitrogens is 1. The maximum Gasteiger partial charge on any atom is 0.407 e. The Morgan fingerprint density at radius 2 is 2.28 bits per heavy atom. The number of hydrogen-bond donors (Lipinski definition) is 2. The van der Waals surface area contributed by atoms with Gasteiger partial charge in [-0.05, 0) is 25.0 Å². The Balaban J connectivity index is 1.47. The van der Waals surface area contributed by atoms with Crippen molar-refractivity contribution in [3.63, 3.8) is 0 Å². The molecule has 0 spiro atoms. The van der Waals surface area contributed by atoms with Crippen molar-refractivity contribution in [2.75, 3.05) is 18.0 Å². The molecule has 2 unspecified atom stereocenters. The number of nitrogens with one attached hydrogen (secondary N) is 1. The fourth-order valence-corrected chi connectivity index (χ4v) is 5.69. The summed E-state index contributed by atoms with van der Waals surface area (Å²) in [5.74, 6) is 0.980. The van der Waals surface area contributed by atoms with Gasteiger partial charge in [0.25, 0.3) is 0 Å². The van der Waals surface area contributed by atoms with Gasteiger partial charge in [-0.15, -0.1) is 0 Å². The quantitative estimate of drug-likeness (QED) is 0.638. The van der Waals surface area contributed by atoms with Crippen LogP contribution < -0.4 is 10.2 Å². The lowest BCUT2D eigenvalue weighted by Gasteiger charge is -2.34. The Labute approximate surface area is 169 Å². The molecule has 148 valence electrons. The molecule has 2 aliphatic heterocycles. The van der Waals surface area contributed by atoms with Crippen molar-refractivity contribution in [2.45, 2.75) is 31.3 Å². The molecule has 8 nitrogen and oxygen atoms in total. The predicted molar refractivity (Wildman–Crippen MR) is 110 cm³/mol. The molecular weight excluding hydrogens is 392 g/mol. The molecule has 2 aromatic heterocycles. The minimum absolute atomic E-state index is 0.0604. The van der Waals surface area contributed by atoms with Gasteiger partial charge in [0.05, 0.1) is 27.7 Å². The normalized spacial score (nSPS) is 23.5. The van der Waals surface area contributed by atoms with Crippen LogP contribution in [0.25, 0.3) is 27.3 Å². The van der Waals surface area contributed by atoms with E-state index in [9.17, 15) is 14.7 Å². The summed E-state index contributed by atoms with van der Waals surface area (Å²) < 4.78 is 7.01. The Bertz CT molecular complexity index is 1210. The molecular formula is C20H18N4O4S. The number of carbonyl (C=O) groups is 2. The molecule has 3 aromatic rings. The first-order valence-corrected chi connectivity index (χ1v) is 10.5. The van der Waals surface area contributed by atoms with E-state index in [2.05, 4.69) is 17.5 Å². The molecule has 0 radical (unpaired) electrons. The van der Waals surface area contributed by atoms with Gasteiger partial charge in [-0.25, -0.2) is 14.6 Å². The number of amides is 3. The Morgan fingerprint density at radius 3 is 3.14 bits per heavy atom. The molecule has 9 heteroatoms. The number of piperidine rings is 1. The third-order valence-corrected chi connectivity index (χ3v) is 7.07. The zero-order chi connectivity index (χ0) is 19.7. The van der Waals surface area contributed by atoms with Gasteiger partial charge < -0.3 is 19.7 Å². The van der Waals surface area contributed by atoms with Gasteiger partial charge >= 0.3 is 12.1 Å². The van der Waals surface area contributed by atoms with Gasteiger partial charge in [-0.3, -0.25) is 4.90 Å². The van der Waals surface area contributed by atoms with Crippen LogP contribution in [0.5, 0.6) is 0 Å². The average molecular weight is 410 g/mol. The highest BCUT2D eigenvalue weighted by molar-refractivity contribution is 7.22. The van der Waals surface area contributed by atoms with Crippen LogP contribution >= 0.6 is 11.3 Å². The van der Waals surface area contributed by atoms with Gasteiger partial charge in [0.15, 0.2) is 5.13 Å². The number of aryl methyl sites for hydroxylation is 1. The van der Waals surface area contributed by atoms with E-state index in [1.54, 1.807) is 4.90 Å². The highest BCUT2D eigenvalue weighted by Crippen LogP contribution is 2.41. The summed E-state index contributed by atoms with van der Waals surface area (Å²) in [6.07, 6.45) is 5.73. The highest BCUT2D eigenvalue weighted by atomic mass is 32.1. The number of fused-ring (bicyclic) bond motifs is 6. The Kier molecular flexibility index (Phi) is 3.46. The molecule has 3 aliphatic rings. The number of likely N-dealkylation sites (tertiary alicyclic amines) is 1. The molecule has 0 bridgehead atoms. The van der Waals surface area contributed by atoms with Gasteiger partial charge in [0.2, 0.25) is 0 Å². The van der Waals surface area contributed by atoms with Crippen molar-refractivity contribution in [1.82, 2.24) is 15.2 Å². The lowest BCUT2D eigenvalue weighted by Crippen LogP contribution is -2.53. The van der Waals surface area contributed by atoms with Crippen LogP contribution in [0.1, 0.15) is 24.2 Å². The van der Waals surface area contributed by atoms with Gasteiger partial charge in [-0.2, -0.15) is 0 Å². The first-order valence-electron chi connectivity index (χ1n) is 9.69. The van der Waals surface area contributed by atoms with E-state index >= 15 is 0 Å². The van der Waals surface area contributed by atoms with E-state index in [0.717, 1.165) is 45.4 Å². The zero-order valence-corrected chi connectivity index (χ0v) is 16.2. The number of benzene rings is 1. The number of urea groups is 1. The second kappa shape index (κ2) is 5.96. The number of allylic oxidation sites excluding steroid dienone is 1. The maximum absolute atomic E-state index is 12.7. The van der Waals surface area contributed by atoms with Crippen LogP contribution in [-0.4, -0.2) is 52.3 Å². The van der Waals surface area contributed by atoms with Crippen LogP contribution in [0.4, 0.5) is 14.7 Å². The molecule has 29 heavy (non-hydrogen) atoms. The number of nitrogens with zero attached hydrogens (tertiary/aromatic N) is 3. The second-order valence-corrected chi connectivity index (χ2v) is 8.68. The van der Waals surface area contributed by atoms with Crippen LogP contribution in [0.15, 0.2) is 22.6 Å². The zero-order valence-electron chi connectivity index (χ0n) is 15.4. The topological polar surface area (TPSA) is 98.9 Å². The van der Waals surface area contributed by atoms with Crippen molar-refractivity contribution in [1.29, 1.82) is 0 Å². The minimum Gasteiger partial charge on any atom is -0.465 e. The number of carboxylic acid groups (broad SMARTS) is 1. The minimum atomic E-state index is -0.953. The van der Waals surface area contributed by atoms with Crippen molar-refractivity contribution in [2.24, 2.45) is 0 Å². The van der Waals surface area contributed by atoms with Crippen LogP contribution in [0.3, 0.4) is 0 Å². The van der Waals surface area contributed by atoms with Gasteiger partial charge in [-0.1, -0.05) is 23.5 Å². The van der Waals surface area contributed by atoms with Crippen molar-refractivity contribution in [3.8, 4) is 0 Å². The van der Waals surface area contributed by atoms with Gasteiger partial charge in [0.1, 0.15) is 11.3 Å². The summed E-state index contributed by atoms with van der Waals surface area (Å²) in [6.45, 7) is 0.715. The van der Waals surface area contributed by atoms with Crippen LogP contribution in [0.2, 0.25) is 0 Å². The number of hydrogen-bond acceptors (Lipinski definition) is 5. The fraction of sp³-hybridized carbons (Fsp3) is 0.350. The summed E-state index contributed by atoms with van der Waals surface area (Å²) in [7, 11) is 0. The number of carbonyl (C=O) groups excluding carboxylic acids is 1. The van der Waals surface area contributed by atoms with E-state index < -0.39 is 6.09 Å². The lowest BCUT2D eigenvalue weighted by molar-refractivity contribution is 0.127. The SMILES string of the molecule is O=C(O)N1CCC2NC(=O)N(c3nc4c(ccc5oc6c(c54)C=CCC6)s3)C2C1. The number of rotatable bonds is 1. The summed E-state index contributed by atoms with van der Waals surface area (Å²) in [6, 6.07) is 3.42. The standard InChI is InChI=1S/C20H18N4O4S/c25-18-21-11-7-8-23(20(26)27)9-12(11)24(18)19-22-17-15(29-19)6-5-14-16(17)10-3-1-2-4-13(10)28-14/h1,3,5-6,11-12H,2,4,7-9H2,(H,21,25)(H,26,27). The van der Waals surface area contributed by atoms with E-state index in [-0.39, 0.29) is 24.7 Å². The van der Waals surface area contributed by atoms with Crippen LogP contribution in [0, 0.1) is 0 Å². The molecule has 3 amide bonds. The Hall–Kier alpha value is -3.07. The van der Waals surface area contributed by atoms with Crippen molar-refractivity contribution in [3.05, 3.63) is 29.5 Å². The third-order valence-electron chi connectivity index (χ3n) is 6.05. The first-order chi connectivity index (χ1) is 14.1. The van der Waals surface area contributed by atoms with Crippen molar-refractivity contribution >= 4 is 55.9 Å². The predicted octanol–water partition coefficient (Wildman–Crippen LogP) is 3.65. The lowest BCUT2D eigenvalue weighted by atomic mass is 10.0. The molecule has 4 heterocycles. The smallest absolute Gasteiger partial charge is 0.407 e. The Morgan fingerprint density at radius 1 is 1.38 bits per heavy atom. The van der Waals surface area contributed by atoms with E-state index in [0.29, 0.717) is 18.1 Å². The van der Waals surface area contributed by atoms with Crippen LogP contribution in [-0.2, 0) is 6.42 Å². The third kappa shape index (κ3) is 2.40. The summed E-state index contributed by atoms with van der Waals surface area (Å²) in [5.41, 5.74) is 2.72. The van der Waals surface area contributed by atoms with E-state index in [4.69, 9.17) is 9.40 Å². The molecule has 2 atom stereocenters. The molecule has 6 rings (SSSR count). The largest absolute Gasteiger partial charge is 0.465 e. The van der Waals surface area contributed by atoms with E-state index in [1.807, 2.05) is 12.1 Å². The van der Waals surface area contributed by atoms with Crippen molar-refractivity contribution < 1.29 is 19.1 Å². The number of furan rings is 1. The van der Waals surface area contributed by atoms with Gasteiger partial charge in [0, 0.05) is 25.1 Å². The average Bonchev–Trinajstić information content (AvgIpc) is 3.38. The summed E-state index contributed by atoms with van der Waals surface area (Å²) in [5, 5.41) is 14.0. The fourth-order valence-electron chi connectivity index (χ4n) is 4.66. The second-order valence-electron chi connectivity index (χ2n) is 7.67. The molecule has 2 saturated heterocycles. The number of thiazole rings is 1. The first kappa shape index (κ1) is 16.8. The highest BCUT2D eigenvalue weighted by Gasteiger charge is 2.45. The molecule has 2 fully saturated rings.